The van der Waals surface area contributed by atoms with Gasteiger partial charge < -0.3 is 9.84 Å². The van der Waals surface area contributed by atoms with Crippen LogP contribution in [0.2, 0.25) is 10.0 Å². The first-order chi connectivity index (χ1) is 11.9. The molecule has 0 spiro atoms. The van der Waals surface area contributed by atoms with E-state index >= 15 is 0 Å². The van der Waals surface area contributed by atoms with Gasteiger partial charge in [-0.15, -0.1) is 0 Å². The number of esters is 1. The van der Waals surface area contributed by atoms with Crippen LogP contribution >= 0.6 is 23.2 Å². The van der Waals surface area contributed by atoms with Gasteiger partial charge in [0.1, 0.15) is 11.9 Å². The summed E-state index contributed by atoms with van der Waals surface area (Å²) in [5, 5.41) is 10.6. The molecule has 25 heavy (non-hydrogen) atoms. The lowest BCUT2D eigenvalue weighted by Gasteiger charge is -2.23. The van der Waals surface area contributed by atoms with E-state index in [1.807, 2.05) is 0 Å². The largest absolute Gasteiger partial charge is 0.458 e. The highest BCUT2D eigenvalue weighted by Gasteiger charge is 2.25. The molecular weight excluding hydrogens is 366 g/mol. The van der Waals surface area contributed by atoms with E-state index < -0.39 is 18.2 Å². The van der Waals surface area contributed by atoms with Crippen molar-refractivity contribution < 1.29 is 19.0 Å². The van der Waals surface area contributed by atoms with Crippen molar-refractivity contribution >= 4 is 35.2 Å². The topological polar surface area (TPSA) is 46.5 Å². The molecule has 3 rings (SSSR count). The molecule has 1 unspecified atom stereocenters. The highest BCUT2D eigenvalue weighted by Crippen LogP contribution is 2.34. The van der Waals surface area contributed by atoms with E-state index in [0.717, 1.165) is 11.1 Å². The Labute approximate surface area is 154 Å². The average Bonchev–Trinajstić information content (AvgIpc) is 2.53. The van der Waals surface area contributed by atoms with Gasteiger partial charge in [0.05, 0.1) is 12.5 Å². The maximum atomic E-state index is 13.2. The van der Waals surface area contributed by atoms with Gasteiger partial charge in [-0.05, 0) is 41.5 Å². The van der Waals surface area contributed by atoms with E-state index in [1.54, 1.807) is 36.4 Å². The van der Waals surface area contributed by atoms with Gasteiger partial charge >= 0.3 is 5.97 Å². The molecule has 6 heteroatoms. The molecule has 1 N–H and O–H groups in total. The van der Waals surface area contributed by atoms with E-state index in [2.05, 4.69) is 0 Å². The van der Waals surface area contributed by atoms with Crippen molar-refractivity contribution in [3.8, 4) is 11.1 Å². The molecular formula is C19H15Cl2FO3. The lowest BCUT2D eigenvalue weighted by Crippen LogP contribution is -2.31. The zero-order valence-electron chi connectivity index (χ0n) is 13.1. The summed E-state index contributed by atoms with van der Waals surface area (Å²) in [5.41, 5.74) is 2.16. The average molecular weight is 381 g/mol. The number of hydrogen-bond donors (Lipinski definition) is 1. The Bertz CT molecular complexity index is 818. The number of ether oxygens (including phenoxy) is 1. The fourth-order valence-corrected chi connectivity index (χ4v) is 3.31. The Morgan fingerprint density at radius 2 is 1.92 bits per heavy atom. The van der Waals surface area contributed by atoms with Gasteiger partial charge in [-0.25, -0.2) is 4.39 Å². The van der Waals surface area contributed by atoms with E-state index in [1.165, 1.54) is 12.1 Å². The third-order valence-electron chi connectivity index (χ3n) is 3.92. The van der Waals surface area contributed by atoms with Gasteiger partial charge in [0, 0.05) is 22.0 Å². The fourth-order valence-electron chi connectivity index (χ4n) is 2.75. The van der Waals surface area contributed by atoms with Crippen LogP contribution in [0.4, 0.5) is 4.39 Å². The molecule has 0 aliphatic carbocycles. The minimum Gasteiger partial charge on any atom is -0.458 e. The number of cyclic esters (lactones) is 1. The number of carbonyl (C=O) groups excluding carboxylic acids is 1. The van der Waals surface area contributed by atoms with E-state index in [0.29, 0.717) is 22.0 Å². The molecule has 1 heterocycles. The van der Waals surface area contributed by atoms with Crippen LogP contribution in [0.25, 0.3) is 17.2 Å². The van der Waals surface area contributed by atoms with E-state index in [4.69, 9.17) is 27.9 Å². The molecule has 1 fully saturated rings. The molecule has 1 saturated heterocycles. The van der Waals surface area contributed by atoms with Crippen LogP contribution in [0.3, 0.4) is 0 Å². The number of hydrogen-bond acceptors (Lipinski definition) is 3. The van der Waals surface area contributed by atoms with Crippen molar-refractivity contribution in [1.82, 2.24) is 0 Å². The van der Waals surface area contributed by atoms with Crippen LogP contribution in [-0.4, -0.2) is 23.3 Å². The molecule has 130 valence electrons. The number of carbonyl (C=O) groups is 1. The molecule has 1 aliphatic heterocycles. The predicted molar refractivity (Wildman–Crippen MR) is 96.0 cm³/mol. The zero-order valence-corrected chi connectivity index (χ0v) is 14.6. The lowest BCUT2D eigenvalue weighted by atomic mass is 9.98. The zero-order chi connectivity index (χ0) is 18.0. The first-order valence-corrected chi connectivity index (χ1v) is 8.48. The number of aliphatic hydroxyl groups excluding tert-OH is 1. The predicted octanol–water partition coefficient (Wildman–Crippen LogP) is 4.88. The molecule has 0 aromatic heterocycles. The molecule has 1 aliphatic rings. The van der Waals surface area contributed by atoms with Crippen molar-refractivity contribution in [2.24, 2.45) is 0 Å². The normalized spacial score (nSPS) is 20.7. The summed E-state index contributed by atoms with van der Waals surface area (Å²) in [6.07, 6.45) is 2.51. The SMILES string of the molecule is O=C1C[C@H](O)CC(C=Cc2c(Cl)cc(Cl)cc2-c2ccc(F)cc2)O1. The maximum absolute atomic E-state index is 13.2. The molecule has 0 amide bonds. The van der Waals surface area contributed by atoms with Crippen LogP contribution in [0.1, 0.15) is 18.4 Å². The van der Waals surface area contributed by atoms with Gasteiger partial charge in [0.2, 0.25) is 0 Å². The number of halogens is 3. The Hall–Kier alpha value is -1.88. The van der Waals surface area contributed by atoms with Crippen LogP contribution in [-0.2, 0) is 9.53 Å². The minimum absolute atomic E-state index is 0.00682. The van der Waals surface area contributed by atoms with Crippen LogP contribution in [0, 0.1) is 5.82 Å². The second-order valence-electron chi connectivity index (χ2n) is 5.84. The molecule has 2 atom stereocenters. The first-order valence-electron chi connectivity index (χ1n) is 7.73. The summed E-state index contributed by atoms with van der Waals surface area (Å²) in [6.45, 7) is 0. The molecule has 0 bridgehead atoms. The highest BCUT2D eigenvalue weighted by atomic mass is 35.5. The second-order valence-corrected chi connectivity index (χ2v) is 6.68. The Balaban J connectivity index is 1.96. The molecule has 0 saturated carbocycles. The molecule has 3 nitrogen and oxygen atoms in total. The van der Waals surface area contributed by atoms with Crippen molar-refractivity contribution in [2.75, 3.05) is 0 Å². The van der Waals surface area contributed by atoms with Crippen molar-refractivity contribution in [1.29, 1.82) is 0 Å². The van der Waals surface area contributed by atoms with Gasteiger partial charge in [-0.3, -0.25) is 4.79 Å². The van der Waals surface area contributed by atoms with E-state index in [9.17, 15) is 14.3 Å². The number of benzene rings is 2. The van der Waals surface area contributed by atoms with Gasteiger partial charge in [-0.1, -0.05) is 41.4 Å². The summed E-state index contributed by atoms with van der Waals surface area (Å²) in [4.78, 5) is 11.4. The summed E-state index contributed by atoms with van der Waals surface area (Å²) < 4.78 is 18.4. The van der Waals surface area contributed by atoms with Crippen molar-refractivity contribution in [2.45, 2.75) is 25.0 Å². The quantitative estimate of drug-likeness (QED) is 0.771. The standard InChI is InChI=1S/C19H15Cl2FO3/c20-12-7-17(11-1-3-13(22)4-2-11)16(18(21)8-12)6-5-15-9-14(23)10-19(24)25-15/h1-8,14-15,23H,9-10H2/t14-,15?/m1/s1. The second kappa shape index (κ2) is 7.56. The summed E-state index contributed by atoms with van der Waals surface area (Å²) in [5.74, 6) is -0.772. The number of aliphatic hydroxyl groups is 1. The monoisotopic (exact) mass is 380 g/mol. The summed E-state index contributed by atoms with van der Waals surface area (Å²) >= 11 is 12.4. The Kier molecular flexibility index (Phi) is 5.42. The van der Waals surface area contributed by atoms with Crippen LogP contribution in [0.5, 0.6) is 0 Å². The third-order valence-corrected chi connectivity index (χ3v) is 4.45. The molecule has 2 aromatic rings. The molecule has 0 radical (unpaired) electrons. The van der Waals surface area contributed by atoms with Crippen molar-refractivity contribution in [3.05, 3.63) is 63.9 Å². The Morgan fingerprint density at radius 3 is 2.60 bits per heavy atom. The summed E-state index contributed by atoms with van der Waals surface area (Å²) in [6, 6.07) is 9.34. The lowest BCUT2D eigenvalue weighted by molar-refractivity contribution is -0.156. The van der Waals surface area contributed by atoms with E-state index in [-0.39, 0.29) is 12.2 Å². The Morgan fingerprint density at radius 1 is 1.20 bits per heavy atom. The van der Waals surface area contributed by atoms with Crippen LogP contribution in [0.15, 0.2) is 42.5 Å². The van der Waals surface area contributed by atoms with Crippen molar-refractivity contribution in [3.63, 3.8) is 0 Å². The van der Waals surface area contributed by atoms with Gasteiger partial charge in [0.15, 0.2) is 0 Å². The minimum atomic E-state index is -0.715. The molecule has 2 aromatic carbocycles. The highest BCUT2D eigenvalue weighted by molar-refractivity contribution is 6.36. The first kappa shape index (κ1) is 17.9. The third kappa shape index (κ3) is 4.40. The smallest absolute Gasteiger partial charge is 0.309 e. The van der Waals surface area contributed by atoms with Gasteiger partial charge in [0.25, 0.3) is 0 Å². The maximum Gasteiger partial charge on any atom is 0.309 e. The fraction of sp³-hybridized carbons (Fsp3) is 0.211. The number of rotatable bonds is 3. The van der Waals surface area contributed by atoms with Crippen LogP contribution < -0.4 is 0 Å². The summed E-state index contributed by atoms with van der Waals surface area (Å²) in [7, 11) is 0. The van der Waals surface area contributed by atoms with Gasteiger partial charge in [-0.2, -0.15) is 0 Å².